The molecule has 0 aromatic heterocycles. The van der Waals surface area contributed by atoms with E-state index in [2.05, 4.69) is 26.0 Å². The van der Waals surface area contributed by atoms with Gasteiger partial charge < -0.3 is 14.2 Å². The number of esters is 1. The van der Waals surface area contributed by atoms with Crippen LogP contribution in [0.4, 0.5) is 10.5 Å². The molecule has 1 heterocycles. The Balaban J connectivity index is 1.96. The zero-order valence-electron chi connectivity index (χ0n) is 16.8. The van der Waals surface area contributed by atoms with Gasteiger partial charge in [0.2, 0.25) is 0 Å². The SMILES string of the molecule is COC(=O)COc1c(Cl)cc(/C=C2\C(=O)NC(=O)N(c3ccc(Br)cc3)C2=O)cc1OC. The number of nitrogens with zero attached hydrogens (tertiary/aromatic N) is 1. The summed E-state index contributed by atoms with van der Waals surface area (Å²) in [5.74, 6) is -2.02. The first kappa shape index (κ1) is 23.3. The minimum absolute atomic E-state index is 0.0737. The van der Waals surface area contributed by atoms with Gasteiger partial charge in [0.25, 0.3) is 11.8 Å². The van der Waals surface area contributed by atoms with Crippen LogP contribution in [-0.2, 0) is 19.1 Å². The van der Waals surface area contributed by atoms with Crippen molar-refractivity contribution in [3.63, 3.8) is 0 Å². The van der Waals surface area contributed by atoms with E-state index < -0.39 is 30.4 Å². The van der Waals surface area contributed by atoms with Crippen molar-refractivity contribution in [2.24, 2.45) is 0 Å². The van der Waals surface area contributed by atoms with Gasteiger partial charge in [0.15, 0.2) is 18.1 Å². The monoisotopic (exact) mass is 522 g/mol. The van der Waals surface area contributed by atoms with Crippen molar-refractivity contribution >= 4 is 63.1 Å². The first-order valence-electron chi connectivity index (χ1n) is 8.99. The van der Waals surface area contributed by atoms with Crippen LogP contribution >= 0.6 is 27.5 Å². The van der Waals surface area contributed by atoms with E-state index in [1.165, 1.54) is 32.4 Å². The highest BCUT2D eigenvalue weighted by Gasteiger charge is 2.36. The molecule has 1 saturated heterocycles. The van der Waals surface area contributed by atoms with Crippen molar-refractivity contribution in [3.05, 3.63) is 57.0 Å². The summed E-state index contributed by atoms with van der Waals surface area (Å²) in [6.45, 7) is -0.391. The number of nitrogens with one attached hydrogen (secondary N) is 1. The molecule has 166 valence electrons. The van der Waals surface area contributed by atoms with Crippen molar-refractivity contribution in [1.82, 2.24) is 5.32 Å². The molecule has 1 aliphatic heterocycles. The number of rotatable bonds is 6. The second-order valence-corrected chi connectivity index (χ2v) is 7.66. The number of hydrogen-bond acceptors (Lipinski definition) is 7. The molecule has 3 rings (SSSR count). The molecule has 1 fully saturated rings. The lowest BCUT2D eigenvalue weighted by molar-refractivity contribution is -0.143. The van der Waals surface area contributed by atoms with E-state index in [-0.39, 0.29) is 27.8 Å². The maximum absolute atomic E-state index is 13.0. The lowest BCUT2D eigenvalue weighted by Gasteiger charge is -2.26. The predicted octanol–water partition coefficient (Wildman–Crippen LogP) is 3.33. The first-order chi connectivity index (χ1) is 15.2. The van der Waals surface area contributed by atoms with Gasteiger partial charge in [-0.25, -0.2) is 14.5 Å². The molecule has 2 aromatic rings. The number of carbonyl (C=O) groups is 4. The highest BCUT2D eigenvalue weighted by molar-refractivity contribution is 9.10. The van der Waals surface area contributed by atoms with Gasteiger partial charge in [-0.1, -0.05) is 27.5 Å². The minimum Gasteiger partial charge on any atom is -0.493 e. The third-order valence-electron chi connectivity index (χ3n) is 4.31. The Morgan fingerprint density at radius 3 is 2.47 bits per heavy atom. The van der Waals surface area contributed by atoms with E-state index in [0.717, 1.165) is 9.37 Å². The van der Waals surface area contributed by atoms with Gasteiger partial charge in [0, 0.05) is 4.47 Å². The van der Waals surface area contributed by atoms with Crippen LogP contribution in [0.2, 0.25) is 5.02 Å². The Hall–Kier alpha value is -3.37. The molecular formula is C21H16BrClN2O7. The number of halogens is 2. The molecule has 0 spiro atoms. The number of ether oxygens (including phenoxy) is 3. The number of carbonyl (C=O) groups excluding carboxylic acids is 4. The van der Waals surface area contributed by atoms with E-state index in [9.17, 15) is 19.2 Å². The molecule has 0 unspecified atom stereocenters. The van der Waals surface area contributed by atoms with Crippen molar-refractivity contribution in [2.45, 2.75) is 0 Å². The van der Waals surface area contributed by atoms with Crippen LogP contribution in [0.25, 0.3) is 6.08 Å². The molecule has 0 bridgehead atoms. The molecule has 0 aliphatic carbocycles. The quantitative estimate of drug-likeness (QED) is 0.351. The molecule has 0 saturated carbocycles. The van der Waals surface area contributed by atoms with Crippen molar-refractivity contribution in [3.8, 4) is 11.5 Å². The Morgan fingerprint density at radius 2 is 1.84 bits per heavy atom. The number of anilines is 1. The molecule has 32 heavy (non-hydrogen) atoms. The number of imide groups is 2. The van der Waals surface area contributed by atoms with Gasteiger partial charge >= 0.3 is 12.0 Å². The molecule has 0 radical (unpaired) electrons. The lowest BCUT2D eigenvalue weighted by atomic mass is 10.1. The number of hydrogen-bond donors (Lipinski definition) is 1. The number of amides is 4. The molecule has 1 aliphatic rings. The zero-order valence-corrected chi connectivity index (χ0v) is 19.2. The number of urea groups is 1. The highest BCUT2D eigenvalue weighted by atomic mass is 79.9. The second-order valence-electron chi connectivity index (χ2n) is 6.33. The summed E-state index contributed by atoms with van der Waals surface area (Å²) in [6, 6.07) is 8.46. The van der Waals surface area contributed by atoms with E-state index in [1.807, 2.05) is 0 Å². The van der Waals surface area contributed by atoms with Gasteiger partial charge in [-0.15, -0.1) is 0 Å². The average Bonchev–Trinajstić information content (AvgIpc) is 2.76. The lowest BCUT2D eigenvalue weighted by Crippen LogP contribution is -2.54. The summed E-state index contributed by atoms with van der Waals surface area (Å²) in [7, 11) is 2.58. The van der Waals surface area contributed by atoms with Gasteiger partial charge in [-0.3, -0.25) is 14.9 Å². The fourth-order valence-corrected chi connectivity index (χ4v) is 3.34. The highest BCUT2D eigenvalue weighted by Crippen LogP contribution is 2.37. The summed E-state index contributed by atoms with van der Waals surface area (Å²) < 4.78 is 15.9. The fourth-order valence-electron chi connectivity index (χ4n) is 2.80. The van der Waals surface area contributed by atoms with E-state index in [4.69, 9.17) is 21.1 Å². The first-order valence-corrected chi connectivity index (χ1v) is 10.2. The third kappa shape index (κ3) is 4.92. The maximum atomic E-state index is 13.0. The van der Waals surface area contributed by atoms with E-state index >= 15 is 0 Å². The fraction of sp³-hybridized carbons (Fsp3) is 0.143. The maximum Gasteiger partial charge on any atom is 0.343 e. The Labute approximate surface area is 196 Å². The number of benzene rings is 2. The molecule has 4 amide bonds. The largest absolute Gasteiger partial charge is 0.493 e. The van der Waals surface area contributed by atoms with Crippen LogP contribution in [0.15, 0.2) is 46.4 Å². The third-order valence-corrected chi connectivity index (χ3v) is 5.12. The Morgan fingerprint density at radius 1 is 1.16 bits per heavy atom. The topological polar surface area (TPSA) is 111 Å². The normalized spacial score (nSPS) is 14.9. The summed E-state index contributed by atoms with van der Waals surface area (Å²) in [4.78, 5) is 49.8. The van der Waals surface area contributed by atoms with E-state index in [1.54, 1.807) is 24.3 Å². The van der Waals surface area contributed by atoms with E-state index in [0.29, 0.717) is 5.56 Å². The summed E-state index contributed by atoms with van der Waals surface area (Å²) in [5.41, 5.74) is 0.339. The number of methoxy groups -OCH3 is 2. The van der Waals surface area contributed by atoms with Crippen LogP contribution in [0.5, 0.6) is 11.5 Å². The number of barbiturate groups is 1. The minimum atomic E-state index is -0.860. The van der Waals surface area contributed by atoms with Crippen molar-refractivity contribution in [1.29, 1.82) is 0 Å². The van der Waals surface area contributed by atoms with Crippen LogP contribution in [-0.4, -0.2) is 44.6 Å². The molecule has 2 aromatic carbocycles. The Kier molecular flexibility index (Phi) is 7.16. The predicted molar refractivity (Wildman–Crippen MR) is 119 cm³/mol. The molecule has 9 nitrogen and oxygen atoms in total. The molecule has 1 N–H and O–H groups in total. The van der Waals surface area contributed by atoms with Crippen LogP contribution < -0.4 is 19.7 Å². The average molecular weight is 524 g/mol. The summed E-state index contributed by atoms with van der Waals surface area (Å²) in [6.07, 6.45) is 1.27. The van der Waals surface area contributed by atoms with Crippen LogP contribution in [0.3, 0.4) is 0 Å². The van der Waals surface area contributed by atoms with Gasteiger partial charge in [0.05, 0.1) is 24.9 Å². The molecular weight excluding hydrogens is 508 g/mol. The molecule has 11 heteroatoms. The smallest absolute Gasteiger partial charge is 0.343 e. The van der Waals surface area contributed by atoms with Crippen LogP contribution in [0, 0.1) is 0 Å². The van der Waals surface area contributed by atoms with Gasteiger partial charge in [-0.05, 0) is 48.0 Å². The zero-order chi connectivity index (χ0) is 23.4. The second kappa shape index (κ2) is 9.84. The molecule has 0 atom stereocenters. The van der Waals surface area contributed by atoms with Crippen LogP contribution in [0.1, 0.15) is 5.56 Å². The van der Waals surface area contributed by atoms with Gasteiger partial charge in [-0.2, -0.15) is 0 Å². The van der Waals surface area contributed by atoms with Crippen molar-refractivity contribution in [2.75, 3.05) is 25.7 Å². The standard InChI is InChI=1S/C21H16BrClN2O7/c1-30-16-9-11(8-15(23)18(16)32-10-17(26)31-2)7-14-19(27)24-21(29)25(20(14)28)13-5-3-12(22)4-6-13/h3-9H,10H2,1-2H3,(H,24,27,29)/b14-7+. The van der Waals surface area contributed by atoms with Gasteiger partial charge in [0.1, 0.15) is 5.57 Å². The van der Waals surface area contributed by atoms with Crippen molar-refractivity contribution < 1.29 is 33.4 Å². The summed E-state index contributed by atoms with van der Waals surface area (Å²) in [5, 5.41) is 2.22. The summed E-state index contributed by atoms with van der Waals surface area (Å²) >= 11 is 9.54. The Bertz CT molecular complexity index is 1130.